The first-order chi connectivity index (χ1) is 7.18. The van der Waals surface area contributed by atoms with Gasteiger partial charge in [0.25, 0.3) is 5.91 Å². The summed E-state index contributed by atoms with van der Waals surface area (Å²) in [5.41, 5.74) is 0.784. The highest BCUT2D eigenvalue weighted by Gasteiger charge is 2.32. The van der Waals surface area contributed by atoms with Crippen LogP contribution in [0.3, 0.4) is 0 Å². The molecule has 0 aromatic heterocycles. The number of hydrogen-bond acceptors (Lipinski definition) is 1. The first-order valence-electron chi connectivity index (χ1n) is 5.21. The third kappa shape index (κ3) is 2.71. The fourth-order valence-electron chi connectivity index (χ4n) is 1.65. The first-order valence-corrected chi connectivity index (χ1v) is 6.29. The molecule has 2 unspecified atom stereocenters. The Morgan fingerprint density at radius 3 is 2.80 bits per heavy atom. The Hall–Kier alpha value is -0.580. The standard InChI is InChI=1S/C12H14INO/c1-8-6-9(8)7-14-12(15)10-4-2-3-5-11(10)13/h2-5,8-9H,6-7H2,1H3,(H,14,15). The molecule has 2 nitrogen and oxygen atoms in total. The van der Waals surface area contributed by atoms with E-state index in [2.05, 4.69) is 34.8 Å². The smallest absolute Gasteiger partial charge is 0.252 e. The molecule has 80 valence electrons. The second-order valence-corrected chi connectivity index (χ2v) is 5.33. The molecule has 1 N–H and O–H groups in total. The predicted octanol–water partition coefficient (Wildman–Crippen LogP) is 2.68. The highest BCUT2D eigenvalue weighted by Crippen LogP contribution is 2.36. The van der Waals surface area contributed by atoms with E-state index >= 15 is 0 Å². The van der Waals surface area contributed by atoms with Crippen molar-refractivity contribution in [2.24, 2.45) is 11.8 Å². The molecule has 1 aliphatic rings. The molecule has 2 atom stereocenters. The summed E-state index contributed by atoms with van der Waals surface area (Å²) in [7, 11) is 0. The lowest BCUT2D eigenvalue weighted by atomic mass is 10.2. The Balaban J connectivity index is 1.93. The minimum absolute atomic E-state index is 0.0547. The molecule has 0 aliphatic heterocycles. The number of nitrogens with one attached hydrogen (secondary N) is 1. The second-order valence-electron chi connectivity index (χ2n) is 4.16. The first kappa shape index (κ1) is 10.9. The SMILES string of the molecule is CC1CC1CNC(=O)c1ccccc1I. The average Bonchev–Trinajstić information content (AvgIpc) is 2.92. The fraction of sp³-hybridized carbons (Fsp3) is 0.417. The quantitative estimate of drug-likeness (QED) is 0.854. The highest BCUT2D eigenvalue weighted by atomic mass is 127. The highest BCUT2D eigenvalue weighted by molar-refractivity contribution is 14.1. The van der Waals surface area contributed by atoms with Gasteiger partial charge in [0.2, 0.25) is 0 Å². The van der Waals surface area contributed by atoms with Gasteiger partial charge in [0.1, 0.15) is 0 Å². The van der Waals surface area contributed by atoms with Crippen LogP contribution in [0.1, 0.15) is 23.7 Å². The van der Waals surface area contributed by atoms with E-state index in [-0.39, 0.29) is 5.91 Å². The van der Waals surface area contributed by atoms with Crippen LogP contribution in [0, 0.1) is 15.4 Å². The van der Waals surface area contributed by atoms with E-state index in [0.29, 0.717) is 5.92 Å². The minimum atomic E-state index is 0.0547. The van der Waals surface area contributed by atoms with E-state index in [4.69, 9.17) is 0 Å². The molecule has 1 aromatic carbocycles. The van der Waals surface area contributed by atoms with Crippen molar-refractivity contribution >= 4 is 28.5 Å². The van der Waals surface area contributed by atoms with E-state index < -0.39 is 0 Å². The Bertz CT molecular complexity index is 378. The lowest BCUT2D eigenvalue weighted by Gasteiger charge is -2.05. The Morgan fingerprint density at radius 2 is 2.20 bits per heavy atom. The van der Waals surface area contributed by atoms with Gasteiger partial charge in [-0.3, -0.25) is 4.79 Å². The van der Waals surface area contributed by atoms with E-state index in [1.807, 2.05) is 24.3 Å². The summed E-state index contributed by atoms with van der Waals surface area (Å²) in [6, 6.07) is 7.67. The van der Waals surface area contributed by atoms with Gasteiger partial charge >= 0.3 is 0 Å². The second kappa shape index (κ2) is 4.51. The van der Waals surface area contributed by atoms with Crippen molar-refractivity contribution in [3.05, 3.63) is 33.4 Å². The molecule has 15 heavy (non-hydrogen) atoms. The number of carbonyl (C=O) groups is 1. The van der Waals surface area contributed by atoms with Crippen LogP contribution in [0.4, 0.5) is 0 Å². The largest absolute Gasteiger partial charge is 0.352 e. The van der Waals surface area contributed by atoms with Gasteiger partial charge in [-0.05, 0) is 53.0 Å². The number of rotatable bonds is 3. The number of benzene rings is 1. The maximum atomic E-state index is 11.8. The van der Waals surface area contributed by atoms with Crippen LogP contribution in [0.25, 0.3) is 0 Å². The van der Waals surface area contributed by atoms with Crippen molar-refractivity contribution in [2.45, 2.75) is 13.3 Å². The van der Waals surface area contributed by atoms with Gasteiger partial charge in [-0.2, -0.15) is 0 Å². The van der Waals surface area contributed by atoms with Gasteiger partial charge in [-0.15, -0.1) is 0 Å². The van der Waals surface area contributed by atoms with Crippen molar-refractivity contribution in [2.75, 3.05) is 6.54 Å². The van der Waals surface area contributed by atoms with Crippen molar-refractivity contribution in [1.29, 1.82) is 0 Å². The summed E-state index contributed by atoms with van der Waals surface area (Å²) in [4.78, 5) is 11.8. The summed E-state index contributed by atoms with van der Waals surface area (Å²) in [5, 5.41) is 2.99. The molecule has 0 spiro atoms. The Morgan fingerprint density at radius 1 is 1.53 bits per heavy atom. The van der Waals surface area contributed by atoms with Gasteiger partial charge < -0.3 is 5.32 Å². The van der Waals surface area contributed by atoms with Crippen molar-refractivity contribution in [3.63, 3.8) is 0 Å². The normalized spacial score (nSPS) is 23.6. The summed E-state index contributed by atoms with van der Waals surface area (Å²) in [5.74, 6) is 1.55. The summed E-state index contributed by atoms with van der Waals surface area (Å²) < 4.78 is 1.01. The van der Waals surface area contributed by atoms with Crippen LogP contribution < -0.4 is 5.32 Å². The van der Waals surface area contributed by atoms with Crippen molar-refractivity contribution in [3.8, 4) is 0 Å². The molecule has 1 fully saturated rings. The third-order valence-corrected chi connectivity index (χ3v) is 3.86. The number of carbonyl (C=O) groups excluding carboxylic acids is 1. The Labute approximate surface area is 104 Å². The van der Waals surface area contributed by atoms with Crippen LogP contribution >= 0.6 is 22.6 Å². The zero-order valence-corrected chi connectivity index (χ0v) is 10.8. The summed E-state index contributed by atoms with van der Waals surface area (Å²) in [6.07, 6.45) is 1.26. The maximum Gasteiger partial charge on any atom is 0.252 e. The molecule has 0 radical (unpaired) electrons. The number of hydrogen-bond donors (Lipinski definition) is 1. The maximum absolute atomic E-state index is 11.8. The fourth-order valence-corrected chi connectivity index (χ4v) is 2.28. The lowest BCUT2D eigenvalue weighted by Crippen LogP contribution is -2.26. The van der Waals surface area contributed by atoms with Crippen LogP contribution in [0.15, 0.2) is 24.3 Å². The summed E-state index contributed by atoms with van der Waals surface area (Å²) in [6.45, 7) is 3.05. The van der Waals surface area contributed by atoms with Crippen molar-refractivity contribution in [1.82, 2.24) is 5.32 Å². The summed E-state index contributed by atoms with van der Waals surface area (Å²) >= 11 is 2.19. The van der Waals surface area contributed by atoms with Crippen LogP contribution in [0.5, 0.6) is 0 Å². The molecule has 0 heterocycles. The van der Waals surface area contributed by atoms with Crippen LogP contribution in [0.2, 0.25) is 0 Å². The molecule has 0 bridgehead atoms. The topological polar surface area (TPSA) is 29.1 Å². The van der Waals surface area contributed by atoms with E-state index in [9.17, 15) is 4.79 Å². The lowest BCUT2D eigenvalue weighted by molar-refractivity contribution is 0.0950. The van der Waals surface area contributed by atoms with Gasteiger partial charge in [0.05, 0.1) is 5.56 Å². The molecule has 1 aromatic rings. The molecular weight excluding hydrogens is 301 g/mol. The van der Waals surface area contributed by atoms with E-state index in [1.165, 1.54) is 6.42 Å². The molecule has 0 saturated heterocycles. The van der Waals surface area contributed by atoms with Crippen molar-refractivity contribution < 1.29 is 4.79 Å². The number of amides is 1. The predicted molar refractivity (Wildman–Crippen MR) is 68.8 cm³/mol. The van der Waals surface area contributed by atoms with Gasteiger partial charge in [0.15, 0.2) is 0 Å². The minimum Gasteiger partial charge on any atom is -0.352 e. The van der Waals surface area contributed by atoms with E-state index in [1.54, 1.807) is 0 Å². The monoisotopic (exact) mass is 315 g/mol. The van der Waals surface area contributed by atoms with Gasteiger partial charge in [-0.25, -0.2) is 0 Å². The molecular formula is C12H14INO. The molecule has 1 aliphatic carbocycles. The number of halogens is 1. The zero-order chi connectivity index (χ0) is 10.8. The van der Waals surface area contributed by atoms with Crippen LogP contribution in [-0.2, 0) is 0 Å². The molecule has 3 heteroatoms. The Kier molecular flexibility index (Phi) is 3.29. The molecule has 2 rings (SSSR count). The third-order valence-electron chi connectivity index (χ3n) is 2.92. The average molecular weight is 315 g/mol. The van der Waals surface area contributed by atoms with Gasteiger partial charge in [0, 0.05) is 10.1 Å². The zero-order valence-electron chi connectivity index (χ0n) is 8.66. The molecule has 1 amide bonds. The van der Waals surface area contributed by atoms with Gasteiger partial charge in [-0.1, -0.05) is 19.1 Å². The molecule has 1 saturated carbocycles. The van der Waals surface area contributed by atoms with Crippen LogP contribution in [-0.4, -0.2) is 12.5 Å². The van der Waals surface area contributed by atoms with E-state index in [0.717, 1.165) is 21.6 Å².